The van der Waals surface area contributed by atoms with Crippen molar-refractivity contribution in [1.82, 2.24) is 0 Å². The van der Waals surface area contributed by atoms with E-state index in [0.717, 1.165) is 25.9 Å². The second-order valence-corrected chi connectivity index (χ2v) is 8.93. The fraction of sp³-hybridized carbons (Fsp3) is 0.0556. The van der Waals surface area contributed by atoms with Crippen molar-refractivity contribution in [2.45, 2.75) is 4.90 Å². The van der Waals surface area contributed by atoms with E-state index >= 15 is 0 Å². The molecular weight excluding hydrogens is 424 g/mol. The van der Waals surface area contributed by atoms with Gasteiger partial charge >= 0.3 is 0 Å². The second-order valence-electron chi connectivity index (χ2n) is 5.20. The summed E-state index contributed by atoms with van der Waals surface area (Å²) < 4.78 is 31.3. The standard InChI is InChI=1S/C18H13BrO4S2/c1-23-15-5-2-12(3-6-15)8-9-25(21,22)17-11-13-10-14(19)4-7-16(13)24-18(17)20/h2-11H,1H3/b9-8-. The minimum atomic E-state index is -3.84. The van der Waals surface area contributed by atoms with Crippen LogP contribution in [0.25, 0.3) is 16.2 Å². The van der Waals surface area contributed by atoms with Crippen LogP contribution in [0.1, 0.15) is 5.56 Å². The van der Waals surface area contributed by atoms with Crippen LogP contribution < -0.4 is 9.48 Å². The molecule has 3 aromatic rings. The Morgan fingerprint density at radius 2 is 1.80 bits per heavy atom. The topological polar surface area (TPSA) is 60.4 Å². The zero-order valence-electron chi connectivity index (χ0n) is 13.1. The van der Waals surface area contributed by atoms with Crippen molar-refractivity contribution in [3.8, 4) is 5.75 Å². The van der Waals surface area contributed by atoms with Crippen molar-refractivity contribution >= 4 is 53.3 Å². The van der Waals surface area contributed by atoms with Crippen molar-refractivity contribution in [2.24, 2.45) is 0 Å². The summed E-state index contributed by atoms with van der Waals surface area (Å²) in [5.74, 6) is 0.684. The summed E-state index contributed by atoms with van der Waals surface area (Å²) in [7, 11) is -2.28. The monoisotopic (exact) mass is 436 g/mol. The van der Waals surface area contributed by atoms with E-state index in [1.54, 1.807) is 43.5 Å². The number of sulfone groups is 1. The number of rotatable bonds is 4. The molecule has 0 fully saturated rings. The summed E-state index contributed by atoms with van der Waals surface area (Å²) in [6, 6.07) is 13.8. The Balaban J connectivity index is 2.01. The van der Waals surface area contributed by atoms with E-state index in [1.807, 2.05) is 6.07 Å². The molecule has 0 bridgehead atoms. The summed E-state index contributed by atoms with van der Waals surface area (Å²) >= 11 is 4.28. The summed E-state index contributed by atoms with van der Waals surface area (Å²) in [4.78, 5) is 12.0. The van der Waals surface area contributed by atoms with Crippen LogP contribution in [0.4, 0.5) is 0 Å². The Morgan fingerprint density at radius 1 is 1.08 bits per heavy atom. The van der Waals surface area contributed by atoms with Gasteiger partial charge in [0, 0.05) is 14.6 Å². The van der Waals surface area contributed by atoms with Crippen LogP contribution in [0.5, 0.6) is 5.75 Å². The van der Waals surface area contributed by atoms with Crippen LogP contribution in [-0.2, 0) is 9.84 Å². The van der Waals surface area contributed by atoms with Crippen LogP contribution in [0.15, 0.2) is 68.1 Å². The zero-order chi connectivity index (χ0) is 18.0. The molecule has 0 unspecified atom stereocenters. The molecule has 2 aromatic carbocycles. The van der Waals surface area contributed by atoms with E-state index in [-0.39, 0.29) is 4.90 Å². The van der Waals surface area contributed by atoms with E-state index in [0.29, 0.717) is 16.7 Å². The van der Waals surface area contributed by atoms with Gasteiger partial charge in [-0.15, -0.1) is 0 Å². The minimum absolute atomic E-state index is 0.215. The summed E-state index contributed by atoms with van der Waals surface area (Å²) in [5, 5.41) is 1.76. The first-order chi connectivity index (χ1) is 11.9. The lowest BCUT2D eigenvalue weighted by Gasteiger charge is -2.02. The molecule has 0 radical (unpaired) electrons. The molecule has 0 spiro atoms. The number of hydrogen-bond acceptors (Lipinski definition) is 5. The molecule has 0 aliphatic carbocycles. The maximum absolute atomic E-state index is 12.6. The molecular formula is C18H13BrO4S2. The van der Waals surface area contributed by atoms with E-state index in [2.05, 4.69) is 15.9 Å². The van der Waals surface area contributed by atoms with Gasteiger partial charge in [-0.1, -0.05) is 39.4 Å². The highest BCUT2D eigenvalue weighted by molar-refractivity contribution is 9.10. The predicted molar refractivity (Wildman–Crippen MR) is 105 cm³/mol. The first-order valence-corrected chi connectivity index (χ1v) is 10.4. The molecule has 7 heteroatoms. The van der Waals surface area contributed by atoms with E-state index in [9.17, 15) is 13.2 Å². The number of ether oxygens (including phenoxy) is 1. The molecule has 0 saturated heterocycles. The Morgan fingerprint density at radius 3 is 2.48 bits per heavy atom. The Hall–Kier alpha value is -1.96. The first-order valence-electron chi connectivity index (χ1n) is 7.20. The predicted octanol–water partition coefficient (Wildman–Crippen LogP) is 4.48. The Labute approximate surface area is 157 Å². The van der Waals surface area contributed by atoms with Gasteiger partial charge in [-0.05, 0) is 53.4 Å². The molecule has 1 heterocycles. The van der Waals surface area contributed by atoms with E-state index in [4.69, 9.17) is 4.74 Å². The maximum atomic E-state index is 12.6. The molecule has 0 aliphatic rings. The van der Waals surface area contributed by atoms with Crippen molar-refractivity contribution in [3.63, 3.8) is 0 Å². The number of halogens is 1. The molecule has 128 valence electrons. The van der Waals surface area contributed by atoms with Crippen LogP contribution >= 0.6 is 27.3 Å². The molecule has 0 atom stereocenters. The lowest BCUT2D eigenvalue weighted by Crippen LogP contribution is -2.09. The van der Waals surface area contributed by atoms with Crippen molar-refractivity contribution in [2.75, 3.05) is 7.11 Å². The third kappa shape index (κ3) is 4.00. The van der Waals surface area contributed by atoms with Gasteiger partial charge in [-0.2, -0.15) is 0 Å². The fourth-order valence-corrected chi connectivity index (χ4v) is 4.82. The minimum Gasteiger partial charge on any atom is -0.497 e. The summed E-state index contributed by atoms with van der Waals surface area (Å²) in [6.07, 6.45) is 1.46. The molecule has 4 nitrogen and oxygen atoms in total. The lowest BCUT2D eigenvalue weighted by atomic mass is 10.2. The highest BCUT2D eigenvalue weighted by Gasteiger charge is 2.16. The number of benzene rings is 2. The van der Waals surface area contributed by atoms with Gasteiger partial charge in [0.2, 0.25) is 9.84 Å². The Kier molecular flexibility index (Phi) is 5.08. The quantitative estimate of drug-likeness (QED) is 0.604. The van der Waals surface area contributed by atoms with Gasteiger partial charge in [0.15, 0.2) is 0 Å². The van der Waals surface area contributed by atoms with Crippen molar-refractivity contribution < 1.29 is 13.2 Å². The SMILES string of the molecule is COc1ccc(/C=C\S(=O)(=O)c2cc3cc(Br)ccc3sc2=O)cc1. The molecule has 25 heavy (non-hydrogen) atoms. The van der Waals surface area contributed by atoms with Gasteiger partial charge in [-0.25, -0.2) is 8.42 Å². The largest absolute Gasteiger partial charge is 0.497 e. The molecule has 0 aliphatic heterocycles. The average Bonchev–Trinajstić information content (AvgIpc) is 2.60. The normalized spacial score (nSPS) is 11.9. The summed E-state index contributed by atoms with van der Waals surface area (Å²) in [5.41, 5.74) is 0.698. The van der Waals surface area contributed by atoms with Gasteiger partial charge < -0.3 is 4.74 Å². The van der Waals surface area contributed by atoms with Gasteiger partial charge in [0.1, 0.15) is 10.6 Å². The second kappa shape index (κ2) is 7.11. The zero-order valence-corrected chi connectivity index (χ0v) is 16.3. The number of hydrogen-bond donors (Lipinski definition) is 0. The Bertz CT molecular complexity index is 1110. The first kappa shape index (κ1) is 17.8. The average molecular weight is 437 g/mol. The molecule has 0 saturated carbocycles. The highest BCUT2D eigenvalue weighted by Crippen LogP contribution is 2.24. The van der Waals surface area contributed by atoms with Gasteiger partial charge in [0.25, 0.3) is 4.74 Å². The maximum Gasteiger partial charge on any atom is 0.251 e. The van der Waals surface area contributed by atoms with Crippen LogP contribution in [-0.4, -0.2) is 15.5 Å². The summed E-state index contributed by atoms with van der Waals surface area (Å²) in [6.45, 7) is 0. The molecule has 0 amide bonds. The van der Waals surface area contributed by atoms with Crippen LogP contribution in [0.3, 0.4) is 0 Å². The van der Waals surface area contributed by atoms with Crippen molar-refractivity contribution in [1.29, 1.82) is 0 Å². The van der Waals surface area contributed by atoms with E-state index in [1.165, 1.54) is 12.1 Å². The van der Waals surface area contributed by atoms with Gasteiger partial charge in [-0.3, -0.25) is 4.79 Å². The third-order valence-electron chi connectivity index (χ3n) is 3.52. The highest BCUT2D eigenvalue weighted by atomic mass is 79.9. The molecule has 1 aromatic heterocycles. The lowest BCUT2D eigenvalue weighted by molar-refractivity contribution is 0.415. The third-order valence-corrected chi connectivity index (χ3v) is 6.55. The van der Waals surface area contributed by atoms with Crippen LogP contribution in [0.2, 0.25) is 0 Å². The smallest absolute Gasteiger partial charge is 0.251 e. The number of fused-ring (bicyclic) bond motifs is 1. The molecule has 0 N–H and O–H groups in total. The van der Waals surface area contributed by atoms with E-state index < -0.39 is 14.6 Å². The molecule has 3 rings (SSSR count). The van der Waals surface area contributed by atoms with Crippen molar-refractivity contribution in [3.05, 3.63) is 73.5 Å². The van der Waals surface area contributed by atoms with Gasteiger partial charge in [0.05, 0.1) is 7.11 Å². The fourth-order valence-electron chi connectivity index (χ4n) is 2.23. The number of methoxy groups -OCH3 is 1. The van der Waals surface area contributed by atoms with Crippen LogP contribution in [0, 0.1) is 0 Å².